The van der Waals surface area contributed by atoms with Gasteiger partial charge in [0.05, 0.1) is 37.6 Å². The van der Waals surface area contributed by atoms with Crippen molar-refractivity contribution in [2.24, 2.45) is 13.0 Å². The van der Waals surface area contributed by atoms with E-state index in [9.17, 15) is 18.3 Å². The van der Waals surface area contributed by atoms with Crippen molar-refractivity contribution in [3.63, 3.8) is 0 Å². The molecule has 0 bridgehead atoms. The molecule has 1 aliphatic carbocycles. The van der Waals surface area contributed by atoms with Gasteiger partial charge in [-0.3, -0.25) is 4.79 Å². The van der Waals surface area contributed by atoms with Crippen molar-refractivity contribution < 1.29 is 23.1 Å². The molecule has 1 aliphatic heterocycles. The van der Waals surface area contributed by atoms with Crippen molar-refractivity contribution in [1.82, 2.24) is 19.6 Å². The molecule has 1 saturated heterocycles. The van der Waals surface area contributed by atoms with Gasteiger partial charge in [-0.1, -0.05) is 19.3 Å². The lowest BCUT2D eigenvalue weighted by atomic mass is 9.89. The van der Waals surface area contributed by atoms with Crippen molar-refractivity contribution in [2.75, 3.05) is 13.2 Å². The Bertz CT molecular complexity index is 775. The van der Waals surface area contributed by atoms with E-state index < -0.39 is 22.2 Å². The fraction of sp³-hybridized carbons (Fsp3) is 0.789. The number of aliphatic hydroxyl groups is 1. The number of aliphatic hydroxyl groups excluding tert-OH is 1. The summed E-state index contributed by atoms with van der Waals surface area (Å²) in [6, 6.07) is -0.562. The average Bonchev–Trinajstić information content (AvgIpc) is 3.15. The molecule has 2 heterocycles. The van der Waals surface area contributed by atoms with Crippen LogP contribution in [-0.4, -0.2) is 60.4 Å². The Morgan fingerprint density at radius 3 is 2.69 bits per heavy atom. The van der Waals surface area contributed by atoms with E-state index in [1.807, 2.05) is 0 Å². The minimum atomic E-state index is -3.80. The highest BCUT2D eigenvalue weighted by atomic mass is 32.2. The highest BCUT2D eigenvalue weighted by Gasteiger charge is 2.35. The number of hydrogen-bond donors (Lipinski definition) is 3. The zero-order valence-electron chi connectivity index (χ0n) is 16.9. The number of carbonyl (C=O) groups is 1. The molecule has 0 radical (unpaired) electrons. The fourth-order valence-electron chi connectivity index (χ4n) is 4.13. The Morgan fingerprint density at radius 1 is 1.28 bits per heavy atom. The molecule has 3 rings (SSSR count). The normalized spacial score (nSPS) is 26.3. The lowest BCUT2D eigenvalue weighted by Crippen LogP contribution is -2.51. The average molecular weight is 429 g/mol. The molecule has 1 aromatic rings. The third-order valence-electron chi connectivity index (χ3n) is 5.78. The van der Waals surface area contributed by atoms with Gasteiger partial charge in [0.15, 0.2) is 5.03 Å². The van der Waals surface area contributed by atoms with Crippen LogP contribution in [-0.2, 0) is 26.6 Å². The van der Waals surface area contributed by atoms with Gasteiger partial charge < -0.3 is 19.7 Å². The Kier molecular flexibility index (Phi) is 7.66. The summed E-state index contributed by atoms with van der Waals surface area (Å²) in [5.41, 5.74) is 0. The molecule has 0 spiro atoms. The predicted octanol–water partition coefficient (Wildman–Crippen LogP) is 0.694. The lowest BCUT2D eigenvalue weighted by Gasteiger charge is -2.35. The monoisotopic (exact) mass is 428 g/mol. The number of hydrogen-bond acceptors (Lipinski definition) is 6. The summed E-state index contributed by atoms with van der Waals surface area (Å²) in [4.78, 5) is 16.1. The first-order valence-corrected chi connectivity index (χ1v) is 11.9. The van der Waals surface area contributed by atoms with E-state index in [0.717, 1.165) is 0 Å². The number of nitrogens with one attached hydrogen (secondary N) is 2. The van der Waals surface area contributed by atoms with Crippen molar-refractivity contribution in [2.45, 2.75) is 74.6 Å². The summed E-state index contributed by atoms with van der Waals surface area (Å²) in [7, 11) is -2.11. The molecule has 0 unspecified atom stereocenters. The summed E-state index contributed by atoms with van der Waals surface area (Å²) in [6.45, 7) is 0.386. The third kappa shape index (κ3) is 6.24. The fourth-order valence-corrected chi connectivity index (χ4v) is 5.41. The number of aromatic nitrogens is 2. The first-order valence-electron chi connectivity index (χ1n) is 10.4. The summed E-state index contributed by atoms with van der Waals surface area (Å²) >= 11 is 0. The Morgan fingerprint density at radius 2 is 2.03 bits per heavy atom. The van der Waals surface area contributed by atoms with Gasteiger partial charge in [0.1, 0.15) is 0 Å². The molecular formula is C19H32N4O5S. The van der Waals surface area contributed by atoms with E-state index >= 15 is 0 Å². The minimum absolute atomic E-state index is 0.0511. The van der Waals surface area contributed by atoms with Gasteiger partial charge >= 0.3 is 0 Å². The number of nitrogens with zero attached hydrogens (tertiary/aromatic N) is 2. The lowest BCUT2D eigenvalue weighted by molar-refractivity contribution is -0.130. The molecule has 9 nitrogen and oxygen atoms in total. The third-order valence-corrected chi connectivity index (χ3v) is 7.16. The van der Waals surface area contributed by atoms with Crippen LogP contribution in [0, 0.1) is 5.92 Å². The van der Waals surface area contributed by atoms with E-state index in [2.05, 4.69) is 15.0 Å². The molecule has 3 atom stereocenters. The zero-order valence-corrected chi connectivity index (χ0v) is 17.7. The second-order valence-corrected chi connectivity index (χ2v) is 9.83. The van der Waals surface area contributed by atoms with Gasteiger partial charge in [0, 0.05) is 19.8 Å². The number of amides is 1. The summed E-state index contributed by atoms with van der Waals surface area (Å²) in [6.07, 6.45) is 9.16. The molecule has 1 aromatic heterocycles. The van der Waals surface area contributed by atoms with Crippen LogP contribution < -0.4 is 10.0 Å². The Labute approximate surface area is 172 Å². The second-order valence-electron chi connectivity index (χ2n) is 8.17. The molecule has 2 fully saturated rings. The number of carbonyl (C=O) groups excluding carboxylic acids is 1. The molecule has 29 heavy (non-hydrogen) atoms. The van der Waals surface area contributed by atoms with Crippen LogP contribution in [0.2, 0.25) is 0 Å². The molecule has 2 aliphatic rings. The highest BCUT2D eigenvalue weighted by Crippen LogP contribution is 2.24. The van der Waals surface area contributed by atoms with Gasteiger partial charge in [-0.2, -0.15) is 0 Å². The zero-order chi connectivity index (χ0) is 20.9. The van der Waals surface area contributed by atoms with Crippen LogP contribution in [0.4, 0.5) is 0 Å². The maximum atomic E-state index is 12.5. The first kappa shape index (κ1) is 22.2. The van der Waals surface area contributed by atoms with E-state index in [-0.39, 0.29) is 30.1 Å². The van der Waals surface area contributed by atoms with Crippen molar-refractivity contribution in [3.05, 3.63) is 12.5 Å². The Balaban J connectivity index is 1.48. The molecule has 164 valence electrons. The SMILES string of the molecule is Cn1cnc(S(=O)(=O)N[C@H]2CC[C@H](CC(=O)NCC3CCCCC3)O[C@H]2CO)c1. The van der Waals surface area contributed by atoms with Crippen molar-refractivity contribution in [3.8, 4) is 0 Å². The number of rotatable bonds is 8. The topological polar surface area (TPSA) is 123 Å². The van der Waals surface area contributed by atoms with E-state index in [4.69, 9.17) is 4.74 Å². The highest BCUT2D eigenvalue weighted by molar-refractivity contribution is 7.89. The van der Waals surface area contributed by atoms with E-state index in [0.29, 0.717) is 25.3 Å². The van der Waals surface area contributed by atoms with Crippen LogP contribution in [0.3, 0.4) is 0 Å². The number of ether oxygens (including phenoxy) is 1. The number of sulfonamides is 1. The second kappa shape index (κ2) is 10.0. The van der Waals surface area contributed by atoms with E-state index in [1.165, 1.54) is 44.6 Å². The van der Waals surface area contributed by atoms with Crippen LogP contribution in [0.1, 0.15) is 51.4 Å². The molecule has 10 heteroatoms. The van der Waals surface area contributed by atoms with Crippen LogP contribution in [0.25, 0.3) is 0 Å². The molecule has 3 N–H and O–H groups in total. The maximum Gasteiger partial charge on any atom is 0.259 e. The van der Waals surface area contributed by atoms with Crippen molar-refractivity contribution >= 4 is 15.9 Å². The molecule has 0 aromatic carbocycles. The Hall–Kier alpha value is -1.49. The largest absolute Gasteiger partial charge is 0.394 e. The molecule has 1 amide bonds. The van der Waals surface area contributed by atoms with Gasteiger partial charge in [-0.15, -0.1) is 0 Å². The van der Waals surface area contributed by atoms with Gasteiger partial charge in [-0.25, -0.2) is 18.1 Å². The van der Waals surface area contributed by atoms with E-state index in [1.54, 1.807) is 11.6 Å². The molecular weight excluding hydrogens is 396 g/mol. The van der Waals surface area contributed by atoms with Gasteiger partial charge in [-0.05, 0) is 31.6 Å². The van der Waals surface area contributed by atoms with Crippen LogP contribution >= 0.6 is 0 Å². The maximum absolute atomic E-state index is 12.5. The summed E-state index contributed by atoms with van der Waals surface area (Å²) in [5, 5.41) is 12.6. The van der Waals surface area contributed by atoms with Crippen LogP contribution in [0.5, 0.6) is 0 Å². The predicted molar refractivity (Wildman–Crippen MR) is 107 cm³/mol. The van der Waals surface area contributed by atoms with Gasteiger partial charge in [0.2, 0.25) is 5.91 Å². The number of imidazole rings is 1. The smallest absolute Gasteiger partial charge is 0.259 e. The molecule has 1 saturated carbocycles. The number of aryl methyl sites for hydroxylation is 1. The standard InChI is InChI=1S/C19H32N4O5S/c1-23-11-19(21-13-23)29(26,27)22-16-8-7-15(28-17(16)12-24)9-18(25)20-10-14-5-3-2-4-6-14/h11,13-17,22,24H,2-10,12H2,1H3,(H,20,25)/t15-,16+,17+/m1/s1. The van der Waals surface area contributed by atoms with Crippen LogP contribution in [0.15, 0.2) is 17.6 Å². The summed E-state index contributed by atoms with van der Waals surface area (Å²) in [5.74, 6) is 0.514. The summed E-state index contributed by atoms with van der Waals surface area (Å²) < 4.78 is 34.9. The quantitative estimate of drug-likeness (QED) is 0.560. The first-order chi connectivity index (χ1) is 13.9. The van der Waals surface area contributed by atoms with Gasteiger partial charge in [0.25, 0.3) is 10.0 Å². The minimum Gasteiger partial charge on any atom is -0.394 e. The van der Waals surface area contributed by atoms with Crippen molar-refractivity contribution in [1.29, 1.82) is 0 Å².